The van der Waals surface area contributed by atoms with Crippen molar-refractivity contribution < 1.29 is 23.9 Å². The largest absolute Gasteiger partial charge is 0.465 e. The standard InChI is InChI=1S/C21H20O5/c1-2-25-20(23)18-16(13-17(22)14-9-5-3-6-10-14)19(26-21(18)24)15-11-7-4-8-12-15/h3-12,16,18-19H,2,13H2,1H3. The first kappa shape index (κ1) is 17.9. The van der Waals surface area contributed by atoms with Crippen LogP contribution in [0.1, 0.15) is 35.4 Å². The van der Waals surface area contributed by atoms with Crippen LogP contribution in [0.25, 0.3) is 0 Å². The minimum atomic E-state index is -1.09. The van der Waals surface area contributed by atoms with Gasteiger partial charge in [-0.15, -0.1) is 0 Å². The Balaban J connectivity index is 1.91. The summed E-state index contributed by atoms with van der Waals surface area (Å²) in [5.41, 5.74) is 1.31. The molecule has 0 aromatic heterocycles. The summed E-state index contributed by atoms with van der Waals surface area (Å²) in [6.07, 6.45) is -0.621. The molecule has 0 aliphatic carbocycles. The van der Waals surface area contributed by atoms with Gasteiger partial charge in [-0.2, -0.15) is 0 Å². The van der Waals surface area contributed by atoms with E-state index in [0.29, 0.717) is 5.56 Å². The summed E-state index contributed by atoms with van der Waals surface area (Å²) in [5, 5.41) is 0. The van der Waals surface area contributed by atoms with Crippen molar-refractivity contribution in [2.45, 2.75) is 19.4 Å². The molecule has 0 spiro atoms. The maximum Gasteiger partial charge on any atom is 0.321 e. The van der Waals surface area contributed by atoms with E-state index in [1.165, 1.54) is 0 Å². The monoisotopic (exact) mass is 352 g/mol. The zero-order valence-corrected chi connectivity index (χ0v) is 14.5. The molecular formula is C21H20O5. The summed E-state index contributed by atoms with van der Waals surface area (Å²) in [6.45, 7) is 1.84. The Morgan fingerprint density at radius 3 is 2.23 bits per heavy atom. The molecule has 134 valence electrons. The van der Waals surface area contributed by atoms with Gasteiger partial charge >= 0.3 is 11.9 Å². The van der Waals surface area contributed by atoms with E-state index in [1.54, 1.807) is 31.2 Å². The highest BCUT2D eigenvalue weighted by molar-refractivity contribution is 6.00. The van der Waals surface area contributed by atoms with Gasteiger partial charge < -0.3 is 9.47 Å². The van der Waals surface area contributed by atoms with Crippen LogP contribution in [-0.4, -0.2) is 24.3 Å². The lowest BCUT2D eigenvalue weighted by Crippen LogP contribution is -2.29. The number of ketones is 1. The van der Waals surface area contributed by atoms with Crippen LogP contribution >= 0.6 is 0 Å². The molecule has 0 bridgehead atoms. The second-order valence-electron chi connectivity index (χ2n) is 6.16. The lowest BCUT2D eigenvalue weighted by Gasteiger charge is -2.20. The Bertz CT molecular complexity index is 785. The Labute approximate surface area is 151 Å². The molecule has 1 aliphatic rings. The maximum atomic E-state index is 12.7. The van der Waals surface area contributed by atoms with Gasteiger partial charge in [0.05, 0.1) is 6.61 Å². The molecule has 1 fully saturated rings. The average molecular weight is 352 g/mol. The van der Waals surface area contributed by atoms with Crippen molar-refractivity contribution >= 4 is 17.7 Å². The van der Waals surface area contributed by atoms with E-state index in [4.69, 9.17) is 9.47 Å². The number of rotatable bonds is 6. The van der Waals surface area contributed by atoms with Crippen molar-refractivity contribution in [3.8, 4) is 0 Å². The van der Waals surface area contributed by atoms with Gasteiger partial charge in [-0.3, -0.25) is 14.4 Å². The van der Waals surface area contributed by atoms with Crippen LogP contribution in [0, 0.1) is 11.8 Å². The topological polar surface area (TPSA) is 69.7 Å². The van der Waals surface area contributed by atoms with Gasteiger partial charge in [0.15, 0.2) is 11.7 Å². The predicted molar refractivity (Wildman–Crippen MR) is 94.3 cm³/mol. The molecule has 3 rings (SSSR count). The molecule has 5 heteroatoms. The van der Waals surface area contributed by atoms with Crippen LogP contribution in [0.2, 0.25) is 0 Å². The first-order valence-electron chi connectivity index (χ1n) is 8.62. The van der Waals surface area contributed by atoms with Gasteiger partial charge in [0.1, 0.15) is 6.10 Å². The molecular weight excluding hydrogens is 332 g/mol. The number of benzene rings is 2. The van der Waals surface area contributed by atoms with E-state index in [0.717, 1.165) is 5.56 Å². The molecule has 0 amide bonds. The van der Waals surface area contributed by atoms with Crippen LogP contribution in [0.4, 0.5) is 0 Å². The van der Waals surface area contributed by atoms with Crippen molar-refractivity contribution in [3.63, 3.8) is 0 Å². The summed E-state index contributed by atoms with van der Waals surface area (Å²) in [6, 6.07) is 18.0. The van der Waals surface area contributed by atoms with Gasteiger partial charge in [-0.05, 0) is 12.5 Å². The Morgan fingerprint density at radius 2 is 1.62 bits per heavy atom. The quantitative estimate of drug-likeness (QED) is 0.453. The third kappa shape index (κ3) is 3.67. The summed E-state index contributed by atoms with van der Waals surface area (Å²) in [5.74, 6) is -3.10. The summed E-state index contributed by atoms with van der Waals surface area (Å²) in [4.78, 5) is 37.4. The molecule has 3 unspecified atom stereocenters. The SMILES string of the molecule is CCOC(=O)C1C(=O)OC(c2ccccc2)C1CC(=O)c1ccccc1. The van der Waals surface area contributed by atoms with E-state index >= 15 is 0 Å². The lowest BCUT2D eigenvalue weighted by atomic mass is 9.82. The minimum absolute atomic E-state index is 0.0266. The van der Waals surface area contributed by atoms with E-state index in [-0.39, 0.29) is 18.8 Å². The number of esters is 2. The number of Topliss-reactive ketones (excluding diaryl/α,β-unsaturated/α-hetero) is 1. The fourth-order valence-electron chi connectivity index (χ4n) is 3.28. The highest BCUT2D eigenvalue weighted by atomic mass is 16.6. The Kier molecular flexibility index (Phi) is 5.46. The number of ether oxygens (including phenoxy) is 2. The van der Waals surface area contributed by atoms with E-state index < -0.39 is 29.9 Å². The molecule has 3 atom stereocenters. The van der Waals surface area contributed by atoms with Gasteiger partial charge in [0.25, 0.3) is 0 Å². The third-order valence-electron chi connectivity index (χ3n) is 4.50. The highest BCUT2D eigenvalue weighted by Crippen LogP contribution is 2.42. The van der Waals surface area contributed by atoms with Crippen molar-refractivity contribution in [2.75, 3.05) is 6.61 Å². The highest BCUT2D eigenvalue weighted by Gasteiger charge is 2.50. The van der Waals surface area contributed by atoms with E-state index in [1.807, 2.05) is 36.4 Å². The number of carbonyl (C=O) groups excluding carboxylic acids is 3. The second-order valence-corrected chi connectivity index (χ2v) is 6.16. The van der Waals surface area contributed by atoms with Crippen molar-refractivity contribution in [1.82, 2.24) is 0 Å². The molecule has 1 heterocycles. The molecule has 0 radical (unpaired) electrons. The number of carbonyl (C=O) groups is 3. The van der Waals surface area contributed by atoms with Crippen molar-refractivity contribution in [3.05, 3.63) is 71.8 Å². The summed E-state index contributed by atoms with van der Waals surface area (Å²) in [7, 11) is 0. The van der Waals surface area contributed by atoms with Gasteiger partial charge in [-0.1, -0.05) is 60.7 Å². The molecule has 5 nitrogen and oxygen atoms in total. The Morgan fingerprint density at radius 1 is 1.00 bits per heavy atom. The van der Waals surface area contributed by atoms with Gasteiger partial charge in [0, 0.05) is 17.9 Å². The number of cyclic esters (lactones) is 1. The molecule has 2 aromatic carbocycles. The summed E-state index contributed by atoms with van der Waals surface area (Å²) >= 11 is 0. The molecule has 1 aliphatic heterocycles. The normalized spacial score (nSPS) is 21.9. The molecule has 1 saturated heterocycles. The van der Waals surface area contributed by atoms with Crippen LogP contribution in [0.15, 0.2) is 60.7 Å². The molecule has 2 aromatic rings. The van der Waals surface area contributed by atoms with Crippen LogP contribution in [-0.2, 0) is 19.1 Å². The number of hydrogen-bond donors (Lipinski definition) is 0. The average Bonchev–Trinajstić information content (AvgIpc) is 2.99. The first-order chi connectivity index (χ1) is 12.6. The molecule has 0 saturated carbocycles. The zero-order valence-electron chi connectivity index (χ0n) is 14.5. The lowest BCUT2D eigenvalue weighted by molar-refractivity contribution is -0.156. The van der Waals surface area contributed by atoms with Crippen molar-refractivity contribution in [2.24, 2.45) is 11.8 Å². The van der Waals surface area contributed by atoms with E-state index in [9.17, 15) is 14.4 Å². The summed E-state index contributed by atoms with van der Waals surface area (Å²) < 4.78 is 10.5. The third-order valence-corrected chi connectivity index (χ3v) is 4.50. The van der Waals surface area contributed by atoms with Crippen LogP contribution in [0.3, 0.4) is 0 Å². The smallest absolute Gasteiger partial charge is 0.321 e. The predicted octanol–water partition coefficient (Wildman–Crippen LogP) is 3.35. The van der Waals surface area contributed by atoms with Crippen LogP contribution in [0.5, 0.6) is 0 Å². The van der Waals surface area contributed by atoms with Crippen molar-refractivity contribution in [1.29, 1.82) is 0 Å². The Hall–Kier alpha value is -2.95. The minimum Gasteiger partial charge on any atom is -0.465 e. The molecule has 0 N–H and O–H groups in total. The fourth-order valence-corrected chi connectivity index (χ4v) is 3.28. The zero-order chi connectivity index (χ0) is 18.5. The fraction of sp³-hybridized carbons (Fsp3) is 0.286. The number of hydrogen-bond acceptors (Lipinski definition) is 5. The second kappa shape index (κ2) is 7.95. The van der Waals surface area contributed by atoms with Gasteiger partial charge in [0.2, 0.25) is 0 Å². The maximum absolute atomic E-state index is 12.7. The van der Waals surface area contributed by atoms with E-state index in [2.05, 4.69) is 0 Å². The first-order valence-corrected chi connectivity index (χ1v) is 8.62. The van der Waals surface area contributed by atoms with Crippen LogP contribution < -0.4 is 0 Å². The molecule has 26 heavy (non-hydrogen) atoms. The van der Waals surface area contributed by atoms with Gasteiger partial charge in [-0.25, -0.2) is 0 Å².